The quantitative estimate of drug-likeness (QED) is 0.689. The summed E-state index contributed by atoms with van der Waals surface area (Å²) in [5.41, 5.74) is 0.345. The van der Waals surface area contributed by atoms with Crippen LogP contribution in [-0.2, 0) is 0 Å². The van der Waals surface area contributed by atoms with E-state index in [2.05, 4.69) is 15.3 Å². The molecule has 0 aliphatic rings. The Hall–Kier alpha value is -2.41. The van der Waals surface area contributed by atoms with Crippen LogP contribution in [0.25, 0.3) is 0 Å². The number of nitro groups is 1. The van der Waals surface area contributed by atoms with Crippen molar-refractivity contribution in [2.75, 3.05) is 24.3 Å². The third kappa shape index (κ3) is 2.77. The van der Waals surface area contributed by atoms with Gasteiger partial charge in [-0.15, -0.1) is 0 Å². The molecule has 8 heteroatoms. The zero-order chi connectivity index (χ0) is 14.7. The lowest BCUT2D eigenvalue weighted by Gasteiger charge is -2.13. The average Bonchev–Trinajstić information content (AvgIpc) is 2.40. The maximum atomic E-state index is 11.2. The lowest BCUT2D eigenvalue weighted by Crippen LogP contribution is -2.14. The molecule has 1 aromatic carbocycles. The molecule has 0 saturated carbocycles. The summed E-state index contributed by atoms with van der Waals surface area (Å²) >= 11 is 6.02. The van der Waals surface area contributed by atoms with E-state index in [1.165, 1.54) is 6.33 Å². The molecule has 0 fully saturated rings. The Balaban J connectivity index is 2.49. The molecule has 20 heavy (non-hydrogen) atoms. The zero-order valence-electron chi connectivity index (χ0n) is 10.9. The molecule has 0 spiro atoms. The van der Waals surface area contributed by atoms with Gasteiger partial charge >= 0.3 is 5.69 Å². The summed E-state index contributed by atoms with van der Waals surface area (Å²) in [6.45, 7) is 0. The number of hydrogen-bond donors (Lipinski definition) is 1. The van der Waals surface area contributed by atoms with Crippen molar-refractivity contribution in [2.24, 2.45) is 0 Å². The second-order valence-corrected chi connectivity index (χ2v) is 4.56. The third-order valence-electron chi connectivity index (χ3n) is 2.54. The monoisotopic (exact) mass is 293 g/mol. The summed E-state index contributed by atoms with van der Waals surface area (Å²) in [6.07, 6.45) is 1.27. The van der Waals surface area contributed by atoms with Gasteiger partial charge in [0.25, 0.3) is 0 Å². The van der Waals surface area contributed by atoms with Crippen LogP contribution in [0.5, 0.6) is 0 Å². The van der Waals surface area contributed by atoms with Crippen LogP contribution in [-0.4, -0.2) is 29.0 Å². The Labute approximate surface area is 120 Å². The number of aromatic nitrogens is 2. The number of para-hydroxylation sites is 1. The van der Waals surface area contributed by atoms with E-state index in [0.29, 0.717) is 10.7 Å². The van der Waals surface area contributed by atoms with E-state index in [4.69, 9.17) is 11.6 Å². The largest absolute Gasteiger partial charge is 0.357 e. The van der Waals surface area contributed by atoms with Gasteiger partial charge in [-0.2, -0.15) is 0 Å². The fraction of sp³-hybridized carbons (Fsp3) is 0.167. The third-order valence-corrected chi connectivity index (χ3v) is 2.87. The molecule has 0 saturated heterocycles. The van der Waals surface area contributed by atoms with Crippen LogP contribution in [0.1, 0.15) is 0 Å². The van der Waals surface area contributed by atoms with Crippen molar-refractivity contribution in [2.45, 2.75) is 0 Å². The summed E-state index contributed by atoms with van der Waals surface area (Å²) in [4.78, 5) is 20.1. The minimum atomic E-state index is -0.519. The first-order valence-electron chi connectivity index (χ1n) is 5.69. The number of nitrogens with zero attached hydrogens (tertiary/aromatic N) is 4. The van der Waals surface area contributed by atoms with Crippen LogP contribution in [0, 0.1) is 10.1 Å². The standard InChI is InChI=1S/C12H12ClN5O2/c1-17(2)12-10(18(19)20)11(14-7-15-12)16-9-6-4-3-5-8(9)13/h3-7H,1-2H3,(H,14,15,16). The van der Waals surface area contributed by atoms with Crippen LogP contribution in [0.15, 0.2) is 30.6 Å². The number of rotatable bonds is 4. The van der Waals surface area contributed by atoms with Crippen molar-refractivity contribution in [3.8, 4) is 0 Å². The minimum Gasteiger partial charge on any atom is -0.357 e. The highest BCUT2D eigenvalue weighted by Gasteiger charge is 2.24. The van der Waals surface area contributed by atoms with Crippen LogP contribution < -0.4 is 10.2 Å². The van der Waals surface area contributed by atoms with E-state index in [-0.39, 0.29) is 17.3 Å². The molecule has 104 valence electrons. The Morgan fingerprint density at radius 2 is 2.00 bits per heavy atom. The number of anilines is 3. The van der Waals surface area contributed by atoms with Gasteiger partial charge in [0, 0.05) is 14.1 Å². The molecule has 0 radical (unpaired) electrons. The maximum absolute atomic E-state index is 11.2. The Morgan fingerprint density at radius 3 is 2.60 bits per heavy atom. The maximum Gasteiger partial charge on any atom is 0.353 e. The molecular formula is C12H12ClN5O2. The van der Waals surface area contributed by atoms with E-state index in [1.54, 1.807) is 43.3 Å². The SMILES string of the molecule is CN(C)c1ncnc(Nc2ccccc2Cl)c1[N+](=O)[O-]. The molecule has 0 aliphatic carbocycles. The number of nitrogens with one attached hydrogen (secondary N) is 1. The van der Waals surface area contributed by atoms with Crippen LogP contribution >= 0.6 is 11.6 Å². The fourth-order valence-corrected chi connectivity index (χ4v) is 1.83. The Bertz CT molecular complexity index is 647. The predicted molar refractivity (Wildman–Crippen MR) is 77.7 cm³/mol. The smallest absolute Gasteiger partial charge is 0.353 e. The van der Waals surface area contributed by atoms with E-state index in [0.717, 1.165) is 0 Å². The first-order valence-corrected chi connectivity index (χ1v) is 6.06. The van der Waals surface area contributed by atoms with Crippen molar-refractivity contribution in [1.82, 2.24) is 9.97 Å². The molecule has 0 unspecified atom stereocenters. The number of halogens is 1. The van der Waals surface area contributed by atoms with Gasteiger partial charge in [0.2, 0.25) is 11.6 Å². The van der Waals surface area contributed by atoms with Crippen molar-refractivity contribution in [1.29, 1.82) is 0 Å². The molecule has 1 N–H and O–H groups in total. The highest BCUT2D eigenvalue weighted by molar-refractivity contribution is 6.33. The van der Waals surface area contributed by atoms with Gasteiger partial charge in [-0.1, -0.05) is 23.7 Å². The highest BCUT2D eigenvalue weighted by atomic mass is 35.5. The molecule has 7 nitrogen and oxygen atoms in total. The van der Waals surface area contributed by atoms with Crippen molar-refractivity contribution in [3.63, 3.8) is 0 Å². The van der Waals surface area contributed by atoms with Crippen LogP contribution in [0.3, 0.4) is 0 Å². The molecule has 2 aromatic rings. The van der Waals surface area contributed by atoms with Crippen molar-refractivity contribution < 1.29 is 4.92 Å². The van der Waals surface area contributed by atoms with E-state index in [9.17, 15) is 10.1 Å². The normalized spacial score (nSPS) is 10.2. The minimum absolute atomic E-state index is 0.0989. The van der Waals surface area contributed by atoms with Crippen molar-refractivity contribution >= 4 is 34.6 Å². The lowest BCUT2D eigenvalue weighted by atomic mass is 10.3. The van der Waals surface area contributed by atoms with Crippen LogP contribution in [0.4, 0.5) is 23.0 Å². The molecule has 0 amide bonds. The first kappa shape index (κ1) is 14.0. The van der Waals surface area contributed by atoms with Gasteiger partial charge in [0.1, 0.15) is 6.33 Å². The zero-order valence-corrected chi connectivity index (χ0v) is 11.6. The lowest BCUT2D eigenvalue weighted by molar-refractivity contribution is -0.383. The second-order valence-electron chi connectivity index (χ2n) is 4.15. The highest BCUT2D eigenvalue weighted by Crippen LogP contribution is 2.34. The van der Waals surface area contributed by atoms with Gasteiger partial charge < -0.3 is 10.2 Å². The summed E-state index contributed by atoms with van der Waals surface area (Å²) in [7, 11) is 3.35. The van der Waals surface area contributed by atoms with E-state index in [1.807, 2.05) is 0 Å². The molecule has 1 heterocycles. The molecule has 1 aromatic heterocycles. The molecule has 0 bridgehead atoms. The number of hydrogen-bond acceptors (Lipinski definition) is 6. The molecule has 0 atom stereocenters. The van der Waals surface area contributed by atoms with Gasteiger partial charge in [-0.25, -0.2) is 9.97 Å². The topological polar surface area (TPSA) is 84.2 Å². The Morgan fingerprint density at radius 1 is 1.30 bits per heavy atom. The van der Waals surface area contributed by atoms with Gasteiger partial charge in [-0.3, -0.25) is 10.1 Å². The molecule has 2 rings (SSSR count). The molecule has 0 aliphatic heterocycles. The second kappa shape index (κ2) is 5.70. The summed E-state index contributed by atoms with van der Waals surface area (Å²) in [5.74, 6) is 0.321. The van der Waals surface area contributed by atoms with Gasteiger partial charge in [-0.05, 0) is 12.1 Å². The van der Waals surface area contributed by atoms with E-state index >= 15 is 0 Å². The summed E-state index contributed by atoms with van der Waals surface area (Å²) in [5, 5.41) is 14.6. The predicted octanol–water partition coefficient (Wildman–Crippen LogP) is 2.85. The first-order chi connectivity index (χ1) is 9.50. The van der Waals surface area contributed by atoms with E-state index < -0.39 is 4.92 Å². The fourth-order valence-electron chi connectivity index (χ4n) is 1.65. The molecular weight excluding hydrogens is 282 g/mol. The Kier molecular flexibility index (Phi) is 3.99. The van der Waals surface area contributed by atoms with Gasteiger partial charge in [0.15, 0.2) is 0 Å². The summed E-state index contributed by atoms with van der Waals surface area (Å²) < 4.78 is 0. The average molecular weight is 294 g/mol. The van der Waals surface area contributed by atoms with Gasteiger partial charge in [0.05, 0.1) is 15.6 Å². The van der Waals surface area contributed by atoms with Crippen LogP contribution in [0.2, 0.25) is 5.02 Å². The van der Waals surface area contributed by atoms with Crippen molar-refractivity contribution in [3.05, 3.63) is 45.7 Å². The summed E-state index contributed by atoms with van der Waals surface area (Å²) in [6, 6.07) is 6.94. The number of benzene rings is 1.